The molecule has 142 valence electrons. The van der Waals surface area contributed by atoms with E-state index in [-0.39, 0.29) is 28.9 Å². The first-order valence-electron chi connectivity index (χ1n) is 7.85. The molecule has 0 aliphatic rings. The third kappa shape index (κ3) is 3.66. The number of hydrogen-bond acceptors (Lipinski definition) is 8. The van der Waals surface area contributed by atoms with Crippen LogP contribution in [0.4, 0.5) is 0 Å². The van der Waals surface area contributed by atoms with E-state index in [4.69, 9.17) is 23.4 Å². The fourth-order valence-corrected chi connectivity index (χ4v) is 2.85. The van der Waals surface area contributed by atoms with Crippen molar-refractivity contribution in [1.29, 1.82) is 0 Å². The lowest BCUT2D eigenvalue weighted by molar-refractivity contribution is -0.154. The second kappa shape index (κ2) is 8.20. The molecule has 2 rings (SSSR count). The van der Waals surface area contributed by atoms with Gasteiger partial charge in [-0.15, -0.1) is 0 Å². The van der Waals surface area contributed by atoms with Gasteiger partial charge in [0, 0.05) is 32.8 Å². The number of carbonyl (C=O) groups is 1. The highest BCUT2D eigenvalue weighted by Crippen LogP contribution is 2.40. The van der Waals surface area contributed by atoms with Crippen LogP contribution in [0.3, 0.4) is 0 Å². The van der Waals surface area contributed by atoms with Crippen molar-refractivity contribution in [2.24, 2.45) is 0 Å². The highest BCUT2D eigenvalue weighted by Gasteiger charge is 2.30. The monoisotopic (exact) mass is 366 g/mol. The van der Waals surface area contributed by atoms with Crippen LogP contribution in [0.15, 0.2) is 21.3 Å². The maximum absolute atomic E-state index is 12.3. The summed E-state index contributed by atoms with van der Waals surface area (Å²) < 4.78 is 26.5. The number of ether oxygens (including phenoxy) is 4. The lowest BCUT2D eigenvalue weighted by Gasteiger charge is -2.23. The molecule has 0 aliphatic carbocycles. The third-order valence-corrected chi connectivity index (χ3v) is 4.11. The number of carbonyl (C=O) groups excluding carboxylic acids is 1. The molecule has 1 aromatic carbocycles. The van der Waals surface area contributed by atoms with E-state index in [9.17, 15) is 14.7 Å². The Labute approximate surface area is 150 Å². The predicted molar refractivity (Wildman–Crippen MR) is 92.6 cm³/mol. The summed E-state index contributed by atoms with van der Waals surface area (Å²) in [7, 11) is 5.50. The second-order valence-electron chi connectivity index (χ2n) is 5.64. The Kier molecular flexibility index (Phi) is 6.23. The fourth-order valence-electron chi connectivity index (χ4n) is 2.85. The van der Waals surface area contributed by atoms with Crippen LogP contribution in [0, 0.1) is 6.92 Å². The Morgan fingerprint density at radius 2 is 1.88 bits per heavy atom. The molecule has 2 atom stereocenters. The Morgan fingerprint density at radius 3 is 2.42 bits per heavy atom. The van der Waals surface area contributed by atoms with E-state index in [1.807, 2.05) is 0 Å². The Morgan fingerprint density at radius 1 is 1.19 bits per heavy atom. The van der Waals surface area contributed by atoms with Crippen LogP contribution < -0.4 is 10.2 Å². The molecule has 1 heterocycles. The average Bonchev–Trinajstić information content (AvgIpc) is 2.62. The largest absolute Gasteiger partial charge is 0.507 e. The minimum absolute atomic E-state index is 0.0143. The third-order valence-electron chi connectivity index (χ3n) is 4.11. The summed E-state index contributed by atoms with van der Waals surface area (Å²) >= 11 is 0. The molecule has 8 heteroatoms. The fraction of sp³-hybridized carbons (Fsp3) is 0.444. The summed E-state index contributed by atoms with van der Waals surface area (Å²) in [6.07, 6.45) is -1.52. The Bertz CT molecular complexity index is 854. The van der Waals surface area contributed by atoms with Crippen LogP contribution in [0.25, 0.3) is 11.0 Å². The van der Waals surface area contributed by atoms with Gasteiger partial charge in [-0.1, -0.05) is 0 Å². The number of aryl methyl sites for hydroxylation is 1. The minimum atomic E-state index is -0.893. The van der Waals surface area contributed by atoms with Crippen molar-refractivity contribution >= 4 is 16.9 Å². The first-order valence-corrected chi connectivity index (χ1v) is 7.85. The molecule has 2 aromatic rings. The van der Waals surface area contributed by atoms with Crippen LogP contribution >= 0.6 is 0 Å². The SMILES string of the molecule is COC(=O)[C@@H](C[C@H](OC)c1c(OC)cc(O)c2c(=O)cc(C)oc12)OC. The van der Waals surface area contributed by atoms with Gasteiger partial charge in [0.1, 0.15) is 22.6 Å². The van der Waals surface area contributed by atoms with Gasteiger partial charge in [0.25, 0.3) is 0 Å². The van der Waals surface area contributed by atoms with Crippen molar-refractivity contribution in [3.8, 4) is 11.5 Å². The number of phenolic OH excluding ortho intramolecular Hbond substituents is 1. The summed E-state index contributed by atoms with van der Waals surface area (Å²) in [4.78, 5) is 24.2. The topological polar surface area (TPSA) is 104 Å². The molecule has 26 heavy (non-hydrogen) atoms. The molecule has 0 saturated heterocycles. The number of benzene rings is 1. The van der Waals surface area contributed by atoms with Crippen molar-refractivity contribution in [2.45, 2.75) is 25.6 Å². The molecule has 0 amide bonds. The molecule has 1 N–H and O–H groups in total. The van der Waals surface area contributed by atoms with Crippen LogP contribution in [0.2, 0.25) is 0 Å². The zero-order valence-electron chi connectivity index (χ0n) is 15.3. The number of rotatable bonds is 7. The van der Waals surface area contributed by atoms with Gasteiger partial charge in [0.2, 0.25) is 0 Å². The highest BCUT2D eigenvalue weighted by molar-refractivity contribution is 5.88. The minimum Gasteiger partial charge on any atom is -0.507 e. The van der Waals surface area contributed by atoms with Crippen molar-refractivity contribution < 1.29 is 33.3 Å². The molecule has 0 radical (unpaired) electrons. The molecular weight excluding hydrogens is 344 g/mol. The van der Waals surface area contributed by atoms with Gasteiger partial charge in [-0.2, -0.15) is 0 Å². The quantitative estimate of drug-likeness (QED) is 0.743. The van der Waals surface area contributed by atoms with E-state index in [1.54, 1.807) is 6.92 Å². The standard InChI is InChI=1S/C18H22O8/c1-9-6-10(19)15-11(20)7-12(22-2)16(17(15)26-9)13(23-3)8-14(24-4)18(21)25-5/h6-7,13-14,20H,8H2,1-5H3/t13-,14+/m0/s1. The molecule has 0 saturated carbocycles. The molecule has 0 unspecified atom stereocenters. The summed E-state index contributed by atoms with van der Waals surface area (Å²) in [6.45, 7) is 1.62. The van der Waals surface area contributed by atoms with E-state index in [0.717, 1.165) is 0 Å². The zero-order valence-corrected chi connectivity index (χ0v) is 15.3. The summed E-state index contributed by atoms with van der Waals surface area (Å²) in [5.74, 6) is -0.201. The van der Waals surface area contributed by atoms with Gasteiger partial charge in [-0.3, -0.25) is 4.79 Å². The number of aromatic hydroxyl groups is 1. The van der Waals surface area contributed by atoms with Gasteiger partial charge < -0.3 is 28.5 Å². The number of esters is 1. The van der Waals surface area contributed by atoms with E-state index in [0.29, 0.717) is 11.3 Å². The molecule has 0 spiro atoms. The van der Waals surface area contributed by atoms with E-state index in [2.05, 4.69) is 0 Å². The second-order valence-corrected chi connectivity index (χ2v) is 5.64. The molecule has 8 nitrogen and oxygen atoms in total. The Balaban J connectivity index is 2.70. The van der Waals surface area contributed by atoms with E-state index in [1.165, 1.54) is 40.6 Å². The van der Waals surface area contributed by atoms with Gasteiger partial charge in [-0.05, 0) is 6.92 Å². The zero-order chi connectivity index (χ0) is 19.4. The maximum Gasteiger partial charge on any atom is 0.335 e. The number of fused-ring (bicyclic) bond motifs is 1. The van der Waals surface area contributed by atoms with E-state index >= 15 is 0 Å². The van der Waals surface area contributed by atoms with Crippen molar-refractivity contribution in [1.82, 2.24) is 0 Å². The Hall–Kier alpha value is -2.58. The van der Waals surface area contributed by atoms with Crippen LogP contribution in [-0.2, 0) is 19.0 Å². The number of phenols is 1. The predicted octanol–water partition coefficient (Wildman–Crippen LogP) is 2.08. The average molecular weight is 366 g/mol. The van der Waals surface area contributed by atoms with E-state index < -0.39 is 23.6 Å². The van der Waals surface area contributed by atoms with Crippen LogP contribution in [0.1, 0.15) is 23.8 Å². The van der Waals surface area contributed by atoms with Gasteiger partial charge in [0.15, 0.2) is 17.1 Å². The van der Waals surface area contributed by atoms with Crippen LogP contribution in [-0.4, -0.2) is 45.6 Å². The van der Waals surface area contributed by atoms with Crippen molar-refractivity contribution in [3.63, 3.8) is 0 Å². The molecule has 1 aromatic heterocycles. The smallest absolute Gasteiger partial charge is 0.335 e. The summed E-state index contributed by atoms with van der Waals surface area (Å²) in [6, 6.07) is 2.60. The van der Waals surface area contributed by atoms with Gasteiger partial charge in [-0.25, -0.2) is 4.79 Å². The first-order chi connectivity index (χ1) is 12.4. The van der Waals surface area contributed by atoms with Crippen molar-refractivity contribution in [2.75, 3.05) is 28.4 Å². The highest BCUT2D eigenvalue weighted by atomic mass is 16.6. The lowest BCUT2D eigenvalue weighted by atomic mass is 9.98. The number of hydrogen-bond donors (Lipinski definition) is 1. The maximum atomic E-state index is 12.3. The normalized spacial score (nSPS) is 13.4. The summed E-state index contributed by atoms with van der Waals surface area (Å²) in [5, 5.41) is 10.2. The summed E-state index contributed by atoms with van der Waals surface area (Å²) in [5.41, 5.74) is 0.143. The van der Waals surface area contributed by atoms with Gasteiger partial charge >= 0.3 is 5.97 Å². The molecule has 0 fully saturated rings. The molecule has 0 aliphatic heterocycles. The van der Waals surface area contributed by atoms with Crippen LogP contribution in [0.5, 0.6) is 11.5 Å². The van der Waals surface area contributed by atoms with Crippen molar-refractivity contribution in [3.05, 3.63) is 33.7 Å². The van der Waals surface area contributed by atoms with Gasteiger partial charge in [0.05, 0.1) is 25.9 Å². The molecule has 0 bridgehead atoms. The molecular formula is C18H22O8. The number of methoxy groups -OCH3 is 4. The first kappa shape index (κ1) is 19.7. The lowest BCUT2D eigenvalue weighted by Crippen LogP contribution is -2.27.